The summed E-state index contributed by atoms with van der Waals surface area (Å²) in [7, 11) is 0. The molecule has 0 spiro atoms. The summed E-state index contributed by atoms with van der Waals surface area (Å²) in [5, 5.41) is 1.37. The van der Waals surface area contributed by atoms with Crippen molar-refractivity contribution >= 4 is 29.3 Å². The number of imide groups is 1. The van der Waals surface area contributed by atoms with Crippen molar-refractivity contribution in [2.45, 2.75) is 25.0 Å². The molecule has 1 aromatic carbocycles. The van der Waals surface area contributed by atoms with Gasteiger partial charge in [0.15, 0.2) is 0 Å². The van der Waals surface area contributed by atoms with E-state index in [-0.39, 0.29) is 24.0 Å². The maximum Gasteiger partial charge on any atom is 0.270 e. The summed E-state index contributed by atoms with van der Waals surface area (Å²) in [5.41, 5.74) is 2.74. The van der Waals surface area contributed by atoms with E-state index < -0.39 is 17.7 Å². The molecule has 1 aromatic rings. The highest BCUT2D eigenvalue weighted by Gasteiger charge is 2.62. The molecule has 0 aliphatic carbocycles. The zero-order chi connectivity index (χ0) is 15.4. The Balaban J connectivity index is 1.54. The quantitative estimate of drug-likeness (QED) is 0.829. The largest absolute Gasteiger partial charge is 0.373 e. The lowest BCUT2D eigenvalue weighted by Gasteiger charge is -2.18. The van der Waals surface area contributed by atoms with Gasteiger partial charge in [0.25, 0.3) is 17.7 Å². The Morgan fingerprint density at radius 3 is 2.18 bits per heavy atom. The fraction of sp³-hybridized carbons (Fsp3) is 0.400. The second kappa shape index (κ2) is 4.79. The standard InChI is InChI=1S/C15H13ClN2O4/c16-8-3-1-7(2-4-8)13(19)17-18-14(20)11-9-5-6-10(22-9)12(11)15(18)21/h1-4,9-12H,5-6H2,(H,17,19)/t9-,10-,11-,12+/m1/s1. The summed E-state index contributed by atoms with van der Waals surface area (Å²) in [5.74, 6) is -2.14. The van der Waals surface area contributed by atoms with Crippen LogP contribution in [-0.2, 0) is 14.3 Å². The monoisotopic (exact) mass is 320 g/mol. The number of ether oxygens (including phenoxy) is 1. The Morgan fingerprint density at radius 2 is 1.64 bits per heavy atom. The summed E-state index contributed by atoms with van der Waals surface area (Å²) in [4.78, 5) is 37.0. The van der Waals surface area contributed by atoms with Crippen LogP contribution in [0.2, 0.25) is 5.02 Å². The number of fused-ring (bicyclic) bond motifs is 5. The number of hydrazine groups is 1. The van der Waals surface area contributed by atoms with Gasteiger partial charge in [-0.2, -0.15) is 5.01 Å². The van der Waals surface area contributed by atoms with Crippen LogP contribution in [0.15, 0.2) is 24.3 Å². The van der Waals surface area contributed by atoms with Crippen molar-refractivity contribution < 1.29 is 19.1 Å². The van der Waals surface area contributed by atoms with Crippen LogP contribution in [0.3, 0.4) is 0 Å². The molecule has 2 bridgehead atoms. The van der Waals surface area contributed by atoms with E-state index in [9.17, 15) is 14.4 Å². The minimum absolute atomic E-state index is 0.191. The van der Waals surface area contributed by atoms with Crippen LogP contribution in [0.1, 0.15) is 23.2 Å². The van der Waals surface area contributed by atoms with Crippen LogP contribution >= 0.6 is 11.6 Å². The molecule has 0 radical (unpaired) electrons. The lowest BCUT2D eigenvalue weighted by atomic mass is 9.81. The van der Waals surface area contributed by atoms with Crippen molar-refractivity contribution in [3.63, 3.8) is 0 Å². The van der Waals surface area contributed by atoms with Crippen LogP contribution in [-0.4, -0.2) is 34.9 Å². The molecule has 4 atom stereocenters. The molecule has 3 aliphatic rings. The predicted molar refractivity (Wildman–Crippen MR) is 75.6 cm³/mol. The summed E-state index contributed by atoms with van der Waals surface area (Å²) < 4.78 is 5.64. The normalized spacial score (nSPS) is 32.5. The first-order valence-electron chi connectivity index (χ1n) is 7.16. The third kappa shape index (κ3) is 1.87. The molecule has 4 rings (SSSR count). The maximum absolute atomic E-state index is 12.4. The van der Waals surface area contributed by atoms with Gasteiger partial charge in [0, 0.05) is 10.6 Å². The van der Waals surface area contributed by atoms with Gasteiger partial charge in [-0.05, 0) is 37.1 Å². The van der Waals surface area contributed by atoms with E-state index in [1.165, 1.54) is 12.1 Å². The third-order valence-electron chi connectivity index (χ3n) is 4.60. The molecule has 3 fully saturated rings. The van der Waals surface area contributed by atoms with Crippen LogP contribution < -0.4 is 5.43 Å². The van der Waals surface area contributed by atoms with E-state index >= 15 is 0 Å². The molecule has 3 amide bonds. The maximum atomic E-state index is 12.4. The summed E-state index contributed by atoms with van der Waals surface area (Å²) in [6, 6.07) is 6.23. The van der Waals surface area contributed by atoms with Crippen LogP contribution in [0.4, 0.5) is 0 Å². The number of carbonyl (C=O) groups excluding carboxylic acids is 3. The Kier molecular flexibility index (Phi) is 2.99. The predicted octanol–water partition coefficient (Wildman–Crippen LogP) is 1.15. The minimum Gasteiger partial charge on any atom is -0.373 e. The average Bonchev–Trinajstić information content (AvgIpc) is 3.17. The number of halogens is 1. The first-order valence-corrected chi connectivity index (χ1v) is 7.54. The van der Waals surface area contributed by atoms with Crippen LogP contribution in [0.25, 0.3) is 0 Å². The topological polar surface area (TPSA) is 75.7 Å². The van der Waals surface area contributed by atoms with E-state index in [1.54, 1.807) is 12.1 Å². The number of rotatable bonds is 2. The molecule has 3 saturated heterocycles. The van der Waals surface area contributed by atoms with Gasteiger partial charge >= 0.3 is 0 Å². The van der Waals surface area contributed by atoms with Crippen molar-refractivity contribution in [3.8, 4) is 0 Å². The number of benzene rings is 1. The molecule has 3 heterocycles. The first kappa shape index (κ1) is 13.7. The lowest BCUT2D eigenvalue weighted by Crippen LogP contribution is -2.47. The van der Waals surface area contributed by atoms with Gasteiger partial charge in [0.05, 0.1) is 24.0 Å². The van der Waals surface area contributed by atoms with E-state index in [2.05, 4.69) is 5.43 Å². The van der Waals surface area contributed by atoms with Crippen molar-refractivity contribution in [1.29, 1.82) is 0 Å². The fourth-order valence-electron chi connectivity index (χ4n) is 3.59. The molecule has 6 nitrogen and oxygen atoms in total. The molecule has 1 N–H and O–H groups in total. The van der Waals surface area contributed by atoms with Crippen LogP contribution in [0, 0.1) is 11.8 Å². The number of nitrogens with one attached hydrogen (secondary N) is 1. The van der Waals surface area contributed by atoms with Crippen molar-refractivity contribution in [2.75, 3.05) is 0 Å². The molecule has 0 saturated carbocycles. The Morgan fingerprint density at radius 1 is 1.09 bits per heavy atom. The molecule has 7 heteroatoms. The van der Waals surface area contributed by atoms with Crippen LogP contribution in [0.5, 0.6) is 0 Å². The summed E-state index contributed by atoms with van der Waals surface area (Å²) >= 11 is 5.77. The summed E-state index contributed by atoms with van der Waals surface area (Å²) in [6.07, 6.45) is 1.21. The van der Waals surface area contributed by atoms with Crippen molar-refractivity contribution in [1.82, 2.24) is 10.4 Å². The third-order valence-corrected chi connectivity index (χ3v) is 4.86. The SMILES string of the molecule is O=C(NN1C(=O)[C@@H]2[C@H](C1=O)[C@H]1CC[C@H]2O1)c1ccc(Cl)cc1. The van der Waals surface area contributed by atoms with Gasteiger partial charge in [0.2, 0.25) is 0 Å². The van der Waals surface area contributed by atoms with E-state index in [0.29, 0.717) is 10.6 Å². The fourth-order valence-corrected chi connectivity index (χ4v) is 3.72. The van der Waals surface area contributed by atoms with E-state index in [0.717, 1.165) is 17.9 Å². The average molecular weight is 321 g/mol. The zero-order valence-corrected chi connectivity index (χ0v) is 12.2. The number of hydrogen-bond donors (Lipinski definition) is 1. The number of hydrogen-bond acceptors (Lipinski definition) is 4. The lowest BCUT2D eigenvalue weighted by molar-refractivity contribution is -0.145. The molecule has 22 heavy (non-hydrogen) atoms. The molecule has 0 aromatic heterocycles. The highest BCUT2D eigenvalue weighted by Crippen LogP contribution is 2.48. The van der Waals surface area contributed by atoms with Crippen molar-refractivity contribution in [2.24, 2.45) is 11.8 Å². The van der Waals surface area contributed by atoms with Gasteiger partial charge in [-0.1, -0.05) is 11.6 Å². The van der Waals surface area contributed by atoms with Gasteiger partial charge < -0.3 is 4.74 Å². The Bertz CT molecular complexity index is 647. The molecule has 3 aliphatic heterocycles. The molecule has 0 unspecified atom stereocenters. The number of nitrogens with zero attached hydrogens (tertiary/aromatic N) is 1. The van der Waals surface area contributed by atoms with E-state index in [1.807, 2.05) is 0 Å². The van der Waals surface area contributed by atoms with Crippen molar-refractivity contribution in [3.05, 3.63) is 34.9 Å². The summed E-state index contributed by atoms with van der Waals surface area (Å²) in [6.45, 7) is 0. The smallest absolute Gasteiger partial charge is 0.270 e. The second-order valence-corrected chi connectivity index (χ2v) is 6.24. The first-order chi connectivity index (χ1) is 10.6. The highest BCUT2D eigenvalue weighted by molar-refractivity contribution is 6.30. The van der Waals surface area contributed by atoms with Gasteiger partial charge in [-0.25, -0.2) is 0 Å². The van der Waals surface area contributed by atoms with Gasteiger partial charge in [-0.3, -0.25) is 19.8 Å². The van der Waals surface area contributed by atoms with Gasteiger partial charge in [-0.15, -0.1) is 0 Å². The minimum atomic E-state index is -0.508. The number of carbonyl (C=O) groups is 3. The zero-order valence-electron chi connectivity index (χ0n) is 11.5. The van der Waals surface area contributed by atoms with Gasteiger partial charge in [0.1, 0.15) is 0 Å². The molecule has 114 valence electrons. The number of amides is 3. The highest BCUT2D eigenvalue weighted by atomic mass is 35.5. The Hall–Kier alpha value is -1.92. The van der Waals surface area contributed by atoms with E-state index in [4.69, 9.17) is 16.3 Å². The molecular weight excluding hydrogens is 308 g/mol. The molecular formula is C15H13ClN2O4. The Labute approximate surface area is 131 Å². The second-order valence-electron chi connectivity index (χ2n) is 5.80.